The summed E-state index contributed by atoms with van der Waals surface area (Å²) in [4.78, 5) is 9.68. The highest BCUT2D eigenvalue weighted by Crippen LogP contribution is 2.03. The summed E-state index contributed by atoms with van der Waals surface area (Å²) < 4.78 is 5.00. The highest BCUT2D eigenvalue weighted by atomic mass is 16.5. The van der Waals surface area contributed by atoms with E-state index in [0.29, 0.717) is 6.54 Å². The van der Waals surface area contributed by atoms with E-state index >= 15 is 0 Å². The molecule has 1 radical (unpaired) electrons. The van der Waals surface area contributed by atoms with Crippen molar-refractivity contribution in [1.29, 1.82) is 0 Å². The van der Waals surface area contributed by atoms with Gasteiger partial charge in [0.05, 0.1) is 5.60 Å². The summed E-state index contributed by atoms with van der Waals surface area (Å²) >= 11 is 0. The Morgan fingerprint density at radius 3 is 2.56 bits per heavy atom. The van der Waals surface area contributed by atoms with E-state index in [1.807, 2.05) is 13.8 Å². The van der Waals surface area contributed by atoms with Gasteiger partial charge < -0.3 is 10.1 Å². The van der Waals surface area contributed by atoms with E-state index in [-0.39, 0.29) is 5.60 Å². The van der Waals surface area contributed by atoms with Gasteiger partial charge in [-0.2, -0.15) is 0 Å². The highest BCUT2D eigenvalue weighted by molar-refractivity contribution is 5.47. The van der Waals surface area contributed by atoms with E-state index in [9.17, 15) is 4.79 Å². The molecule has 0 bridgehead atoms. The lowest BCUT2D eigenvalue weighted by Crippen LogP contribution is -2.35. The van der Waals surface area contributed by atoms with E-state index < -0.39 is 0 Å². The van der Waals surface area contributed by atoms with Crippen molar-refractivity contribution in [3.8, 4) is 0 Å². The molecule has 0 aliphatic carbocycles. The molecule has 0 aromatic heterocycles. The van der Waals surface area contributed by atoms with E-state index in [1.54, 1.807) is 13.5 Å². The first kappa shape index (κ1) is 8.43. The third-order valence-electron chi connectivity index (χ3n) is 1.14. The maximum absolute atomic E-state index is 9.68. The molecule has 53 valence electrons. The topological polar surface area (TPSA) is 38.3 Å². The number of hydrogen-bond acceptors (Lipinski definition) is 2. The Kier molecular flexibility index (Phi) is 3.24. The van der Waals surface area contributed by atoms with Crippen LogP contribution >= 0.6 is 0 Å². The normalized spacial score (nSPS) is 11.0. The molecule has 0 saturated carbocycles. The van der Waals surface area contributed by atoms with Gasteiger partial charge in [-0.1, -0.05) is 0 Å². The molecule has 0 heterocycles. The molecule has 0 rings (SSSR count). The standard InChI is InChI=1S/C6H12NO2/c1-6(2,9-3)4-7-5-8/h4H2,1-3H3,(H,7,8). The zero-order valence-corrected chi connectivity index (χ0v) is 6.02. The molecule has 0 fully saturated rings. The Morgan fingerprint density at radius 2 is 2.22 bits per heavy atom. The monoisotopic (exact) mass is 130 g/mol. The van der Waals surface area contributed by atoms with Crippen molar-refractivity contribution >= 4 is 6.41 Å². The minimum Gasteiger partial charge on any atom is -0.377 e. The van der Waals surface area contributed by atoms with Crippen molar-refractivity contribution in [3.63, 3.8) is 0 Å². The van der Waals surface area contributed by atoms with Gasteiger partial charge in [0.2, 0.25) is 0 Å². The number of hydrogen-bond donors (Lipinski definition) is 1. The van der Waals surface area contributed by atoms with Crippen LogP contribution in [0.15, 0.2) is 0 Å². The predicted molar refractivity (Wildman–Crippen MR) is 34.8 cm³/mol. The van der Waals surface area contributed by atoms with E-state index in [2.05, 4.69) is 5.32 Å². The molecule has 0 spiro atoms. The molecule has 0 atom stereocenters. The van der Waals surface area contributed by atoms with Gasteiger partial charge in [-0.3, -0.25) is 4.79 Å². The maximum atomic E-state index is 9.68. The molecule has 3 heteroatoms. The first-order valence-electron chi connectivity index (χ1n) is 2.77. The molecule has 0 aliphatic rings. The Balaban J connectivity index is 3.44. The van der Waals surface area contributed by atoms with Crippen molar-refractivity contribution in [2.75, 3.05) is 13.7 Å². The molecular weight excluding hydrogens is 118 g/mol. The maximum Gasteiger partial charge on any atom is 0.309 e. The number of amides is 1. The van der Waals surface area contributed by atoms with Crippen molar-refractivity contribution in [3.05, 3.63) is 0 Å². The van der Waals surface area contributed by atoms with E-state index in [0.717, 1.165) is 0 Å². The molecule has 0 aliphatic heterocycles. The minimum absolute atomic E-state index is 0.280. The first-order chi connectivity index (χ1) is 4.12. The van der Waals surface area contributed by atoms with Gasteiger partial charge in [0.1, 0.15) is 0 Å². The molecule has 0 aromatic carbocycles. The third kappa shape index (κ3) is 3.97. The number of nitrogens with one attached hydrogen (secondary N) is 1. The fraction of sp³-hybridized carbons (Fsp3) is 0.833. The second kappa shape index (κ2) is 3.45. The van der Waals surface area contributed by atoms with Crippen LogP contribution in [-0.2, 0) is 9.53 Å². The lowest BCUT2D eigenvalue weighted by Gasteiger charge is -2.21. The molecule has 0 saturated heterocycles. The highest BCUT2D eigenvalue weighted by Gasteiger charge is 2.14. The van der Waals surface area contributed by atoms with Gasteiger partial charge in [0, 0.05) is 13.7 Å². The van der Waals surface area contributed by atoms with E-state index in [1.165, 1.54) is 0 Å². The second-order valence-corrected chi connectivity index (χ2v) is 2.42. The Morgan fingerprint density at radius 1 is 1.67 bits per heavy atom. The van der Waals surface area contributed by atoms with Gasteiger partial charge in [0.25, 0.3) is 0 Å². The molecule has 0 unspecified atom stereocenters. The molecule has 1 N–H and O–H groups in total. The van der Waals surface area contributed by atoms with E-state index in [4.69, 9.17) is 4.74 Å². The van der Waals surface area contributed by atoms with Crippen LogP contribution < -0.4 is 5.32 Å². The van der Waals surface area contributed by atoms with Crippen molar-refractivity contribution in [2.45, 2.75) is 19.4 Å². The van der Waals surface area contributed by atoms with Gasteiger partial charge in [-0.05, 0) is 13.8 Å². The molecule has 3 nitrogen and oxygen atoms in total. The summed E-state index contributed by atoms with van der Waals surface area (Å²) in [6.07, 6.45) is 1.58. The average Bonchev–Trinajstić information content (AvgIpc) is 1.84. The lowest BCUT2D eigenvalue weighted by atomic mass is 10.1. The van der Waals surface area contributed by atoms with Crippen LogP contribution in [0.4, 0.5) is 0 Å². The molecular formula is C6H12NO2. The van der Waals surface area contributed by atoms with Crippen LogP contribution in [0.25, 0.3) is 0 Å². The number of ether oxygens (including phenoxy) is 1. The summed E-state index contributed by atoms with van der Waals surface area (Å²) in [5.41, 5.74) is -0.280. The Hall–Kier alpha value is -0.570. The summed E-state index contributed by atoms with van der Waals surface area (Å²) in [6, 6.07) is 0. The summed E-state index contributed by atoms with van der Waals surface area (Å²) in [7, 11) is 1.60. The van der Waals surface area contributed by atoms with Crippen LogP contribution in [0.5, 0.6) is 0 Å². The molecule has 0 aromatic rings. The molecule has 9 heavy (non-hydrogen) atoms. The van der Waals surface area contributed by atoms with Crippen LogP contribution in [0.1, 0.15) is 13.8 Å². The fourth-order valence-corrected chi connectivity index (χ4v) is 0.321. The largest absolute Gasteiger partial charge is 0.377 e. The van der Waals surface area contributed by atoms with Gasteiger partial charge in [0.15, 0.2) is 0 Å². The summed E-state index contributed by atoms with van der Waals surface area (Å²) in [5, 5.41) is 2.41. The molecule has 1 amide bonds. The predicted octanol–water partition coefficient (Wildman–Crippen LogP) is 0.0682. The zero-order valence-electron chi connectivity index (χ0n) is 6.02. The minimum atomic E-state index is -0.280. The van der Waals surface area contributed by atoms with Gasteiger partial charge >= 0.3 is 6.41 Å². The Labute approximate surface area is 55.4 Å². The number of rotatable bonds is 4. The third-order valence-corrected chi connectivity index (χ3v) is 1.14. The number of carbonyl (C=O) groups excluding carboxylic acids is 1. The van der Waals surface area contributed by atoms with Crippen LogP contribution in [0.3, 0.4) is 0 Å². The number of methoxy groups -OCH3 is 1. The fourth-order valence-electron chi connectivity index (χ4n) is 0.321. The SMILES string of the molecule is COC(C)(C)CN[C]=O. The van der Waals surface area contributed by atoms with Gasteiger partial charge in [-0.15, -0.1) is 0 Å². The van der Waals surface area contributed by atoms with Gasteiger partial charge in [-0.25, -0.2) is 0 Å². The average molecular weight is 130 g/mol. The quantitative estimate of drug-likeness (QED) is 0.547. The van der Waals surface area contributed by atoms with Crippen molar-refractivity contribution in [1.82, 2.24) is 5.32 Å². The second-order valence-electron chi connectivity index (χ2n) is 2.42. The van der Waals surface area contributed by atoms with Crippen LogP contribution in [0.2, 0.25) is 0 Å². The van der Waals surface area contributed by atoms with Crippen LogP contribution in [0, 0.1) is 0 Å². The van der Waals surface area contributed by atoms with Crippen LogP contribution in [-0.4, -0.2) is 25.7 Å². The Bertz CT molecular complexity index is 91.1. The summed E-state index contributed by atoms with van der Waals surface area (Å²) in [6.45, 7) is 4.27. The first-order valence-corrected chi connectivity index (χ1v) is 2.77. The smallest absolute Gasteiger partial charge is 0.309 e. The summed E-state index contributed by atoms with van der Waals surface area (Å²) in [5.74, 6) is 0. The van der Waals surface area contributed by atoms with Crippen molar-refractivity contribution < 1.29 is 9.53 Å². The van der Waals surface area contributed by atoms with Crippen molar-refractivity contribution in [2.24, 2.45) is 0 Å². The zero-order chi connectivity index (χ0) is 7.33. The lowest BCUT2D eigenvalue weighted by molar-refractivity contribution is 0.0269.